The summed E-state index contributed by atoms with van der Waals surface area (Å²) in [4.78, 5) is 6.43. The van der Waals surface area contributed by atoms with E-state index in [4.69, 9.17) is 9.26 Å². The van der Waals surface area contributed by atoms with E-state index in [-0.39, 0.29) is 29.4 Å². The molecule has 1 N–H and O–H groups in total. The number of rotatable bonds is 5. The van der Waals surface area contributed by atoms with Crippen LogP contribution in [0.3, 0.4) is 0 Å². The lowest BCUT2D eigenvalue weighted by Crippen LogP contribution is -2.41. The second-order valence-electron chi connectivity index (χ2n) is 6.41. The first-order chi connectivity index (χ1) is 11.6. The van der Waals surface area contributed by atoms with Crippen LogP contribution in [-0.4, -0.2) is 43.3 Å². The Balaban J connectivity index is 0.00000225. The summed E-state index contributed by atoms with van der Waals surface area (Å²) < 4.78 is 10.4. The third-order valence-corrected chi connectivity index (χ3v) is 4.73. The van der Waals surface area contributed by atoms with Crippen LogP contribution in [0, 0.1) is 0 Å². The van der Waals surface area contributed by atoms with Crippen molar-refractivity contribution in [1.29, 1.82) is 0 Å². The lowest BCUT2D eigenvalue weighted by atomic mass is 9.96. The van der Waals surface area contributed by atoms with E-state index in [2.05, 4.69) is 34.5 Å². The minimum atomic E-state index is 0. The van der Waals surface area contributed by atoms with Crippen molar-refractivity contribution in [2.24, 2.45) is 4.99 Å². The van der Waals surface area contributed by atoms with E-state index in [0.29, 0.717) is 12.6 Å². The molecule has 0 radical (unpaired) electrons. The van der Waals surface area contributed by atoms with Gasteiger partial charge in [0.05, 0.1) is 13.7 Å². The molecule has 0 amide bonds. The Morgan fingerprint density at radius 3 is 2.84 bits per heavy atom. The van der Waals surface area contributed by atoms with Crippen molar-refractivity contribution < 1.29 is 9.26 Å². The molecule has 0 aliphatic heterocycles. The maximum atomic E-state index is 5.52. The minimum absolute atomic E-state index is 0. The van der Waals surface area contributed by atoms with Gasteiger partial charge < -0.3 is 19.5 Å². The Kier molecular flexibility index (Phi) is 6.31. The summed E-state index contributed by atoms with van der Waals surface area (Å²) in [6.07, 6.45) is 2.63. The van der Waals surface area contributed by atoms with Crippen molar-refractivity contribution in [1.82, 2.24) is 15.4 Å². The molecular weight excluding hydrogens is 431 g/mol. The smallest absolute Gasteiger partial charge is 0.193 e. The summed E-state index contributed by atoms with van der Waals surface area (Å²) in [5.74, 6) is 1.79. The van der Waals surface area contributed by atoms with Gasteiger partial charge in [0.25, 0.3) is 0 Å². The average molecular weight is 456 g/mol. The lowest BCUT2D eigenvalue weighted by molar-refractivity contribution is 0.390. The van der Waals surface area contributed by atoms with E-state index in [1.807, 2.05) is 30.1 Å². The van der Waals surface area contributed by atoms with Gasteiger partial charge >= 0.3 is 0 Å². The topological polar surface area (TPSA) is 62.9 Å². The van der Waals surface area contributed by atoms with E-state index in [1.54, 1.807) is 20.4 Å². The molecule has 1 aromatic carbocycles. The predicted octanol–water partition coefficient (Wildman–Crippen LogP) is 3.04. The Morgan fingerprint density at radius 1 is 1.44 bits per heavy atom. The van der Waals surface area contributed by atoms with Gasteiger partial charge in [-0.25, -0.2) is 0 Å². The fraction of sp³-hybridized carbons (Fsp3) is 0.444. The molecule has 1 fully saturated rings. The average Bonchev–Trinajstić information content (AvgIpc) is 2.99. The number of methoxy groups -OCH3 is 1. The first-order valence-electron chi connectivity index (χ1n) is 8.05. The van der Waals surface area contributed by atoms with Gasteiger partial charge in [0.2, 0.25) is 0 Å². The molecule has 2 unspecified atom stereocenters. The fourth-order valence-corrected chi connectivity index (χ4v) is 3.13. The van der Waals surface area contributed by atoms with E-state index in [9.17, 15) is 0 Å². The number of hydrogen-bond donors (Lipinski definition) is 1. The Labute approximate surface area is 165 Å². The van der Waals surface area contributed by atoms with Crippen LogP contribution in [-0.2, 0) is 12.0 Å². The van der Waals surface area contributed by atoms with Crippen molar-refractivity contribution in [2.75, 3.05) is 21.2 Å². The van der Waals surface area contributed by atoms with Crippen LogP contribution < -0.4 is 10.1 Å². The molecule has 1 saturated carbocycles. The normalized spacial score (nSPS) is 22.1. The molecular formula is C18H25IN4O2. The standard InChI is InChI=1S/C18H24N4O2.HI/c1-18(14-7-5-6-8-15(14)23-4)11-16(18)20-17(19-2)22(3)12-13-9-10-24-21-13;/h5-10,16H,11-12H2,1-4H3,(H,19,20);1H. The number of hydrogen-bond acceptors (Lipinski definition) is 4. The number of halogens is 1. The van der Waals surface area contributed by atoms with Crippen molar-refractivity contribution in [3.8, 4) is 5.75 Å². The molecule has 6 nitrogen and oxygen atoms in total. The van der Waals surface area contributed by atoms with Crippen LogP contribution in [0.5, 0.6) is 5.75 Å². The number of aromatic nitrogens is 1. The number of guanidine groups is 1. The van der Waals surface area contributed by atoms with Gasteiger partial charge in [-0.15, -0.1) is 24.0 Å². The zero-order valence-electron chi connectivity index (χ0n) is 15.0. The van der Waals surface area contributed by atoms with Gasteiger partial charge in [-0.3, -0.25) is 4.99 Å². The maximum absolute atomic E-state index is 5.52. The largest absolute Gasteiger partial charge is 0.496 e. The van der Waals surface area contributed by atoms with Gasteiger partial charge in [-0.05, 0) is 12.5 Å². The fourth-order valence-electron chi connectivity index (χ4n) is 3.13. The van der Waals surface area contributed by atoms with Crippen molar-refractivity contribution in [3.05, 3.63) is 47.9 Å². The molecule has 136 valence electrons. The van der Waals surface area contributed by atoms with E-state index >= 15 is 0 Å². The van der Waals surface area contributed by atoms with Gasteiger partial charge in [-0.2, -0.15) is 0 Å². The zero-order valence-corrected chi connectivity index (χ0v) is 17.4. The second-order valence-corrected chi connectivity index (χ2v) is 6.41. The van der Waals surface area contributed by atoms with Gasteiger partial charge in [0.1, 0.15) is 17.7 Å². The van der Waals surface area contributed by atoms with Crippen molar-refractivity contribution in [2.45, 2.75) is 31.3 Å². The first kappa shape index (κ1) is 19.6. The van der Waals surface area contributed by atoms with Crippen LogP contribution >= 0.6 is 24.0 Å². The SMILES string of the molecule is CN=C(NC1CC1(C)c1ccccc1OC)N(C)Cc1ccon1.I. The lowest BCUT2D eigenvalue weighted by Gasteiger charge is -2.23. The van der Waals surface area contributed by atoms with Crippen LogP contribution in [0.2, 0.25) is 0 Å². The van der Waals surface area contributed by atoms with Crippen LogP contribution in [0.25, 0.3) is 0 Å². The number of benzene rings is 1. The third kappa shape index (κ3) is 4.08. The van der Waals surface area contributed by atoms with Crippen LogP contribution in [0.1, 0.15) is 24.6 Å². The molecule has 3 rings (SSSR count). The molecule has 1 aliphatic rings. The van der Waals surface area contributed by atoms with Gasteiger partial charge in [0.15, 0.2) is 5.96 Å². The molecule has 7 heteroatoms. The van der Waals surface area contributed by atoms with Gasteiger partial charge in [-0.1, -0.05) is 30.3 Å². The highest BCUT2D eigenvalue weighted by atomic mass is 127. The monoisotopic (exact) mass is 456 g/mol. The van der Waals surface area contributed by atoms with E-state index in [0.717, 1.165) is 23.8 Å². The molecule has 0 bridgehead atoms. The van der Waals surface area contributed by atoms with Crippen LogP contribution in [0.4, 0.5) is 0 Å². The number of nitrogens with zero attached hydrogens (tertiary/aromatic N) is 3. The number of para-hydroxylation sites is 1. The van der Waals surface area contributed by atoms with Crippen LogP contribution in [0.15, 0.2) is 46.1 Å². The second kappa shape index (κ2) is 8.07. The molecule has 0 spiro atoms. The highest BCUT2D eigenvalue weighted by molar-refractivity contribution is 14.0. The maximum Gasteiger partial charge on any atom is 0.193 e. The number of aliphatic imine (C=N–C) groups is 1. The molecule has 2 aromatic rings. The van der Waals surface area contributed by atoms with Gasteiger partial charge in [0, 0.05) is 37.2 Å². The highest BCUT2D eigenvalue weighted by Gasteiger charge is 2.53. The summed E-state index contributed by atoms with van der Waals surface area (Å²) in [7, 11) is 5.51. The molecule has 25 heavy (non-hydrogen) atoms. The summed E-state index contributed by atoms with van der Waals surface area (Å²) in [6.45, 7) is 2.90. The van der Waals surface area contributed by atoms with Crippen molar-refractivity contribution >= 4 is 29.9 Å². The summed E-state index contributed by atoms with van der Waals surface area (Å²) in [5.41, 5.74) is 2.17. The van der Waals surface area contributed by atoms with E-state index in [1.165, 1.54) is 5.56 Å². The molecule has 1 aliphatic carbocycles. The Bertz CT molecular complexity index is 720. The minimum Gasteiger partial charge on any atom is -0.496 e. The number of ether oxygens (including phenoxy) is 1. The quantitative estimate of drug-likeness (QED) is 0.426. The summed E-state index contributed by atoms with van der Waals surface area (Å²) in [6, 6.07) is 10.4. The molecule has 1 aromatic heterocycles. The number of nitrogens with one attached hydrogen (secondary N) is 1. The Morgan fingerprint density at radius 2 is 2.20 bits per heavy atom. The molecule has 1 heterocycles. The first-order valence-corrected chi connectivity index (χ1v) is 8.05. The van der Waals surface area contributed by atoms with Crippen molar-refractivity contribution in [3.63, 3.8) is 0 Å². The molecule has 2 atom stereocenters. The summed E-state index contributed by atoms with van der Waals surface area (Å²) >= 11 is 0. The zero-order chi connectivity index (χ0) is 17.2. The third-order valence-electron chi connectivity index (χ3n) is 4.73. The van der Waals surface area contributed by atoms with E-state index < -0.39 is 0 Å². The Hall–Kier alpha value is -1.77. The summed E-state index contributed by atoms with van der Waals surface area (Å²) in [5, 5.41) is 7.51. The molecule has 0 saturated heterocycles. The predicted molar refractivity (Wildman–Crippen MR) is 109 cm³/mol. The highest BCUT2D eigenvalue weighted by Crippen LogP contribution is 2.51.